The van der Waals surface area contributed by atoms with Gasteiger partial charge in [-0.1, -0.05) is 66.7 Å². The van der Waals surface area contributed by atoms with E-state index in [2.05, 4.69) is 15.8 Å². The molecule has 0 aliphatic rings. The van der Waals surface area contributed by atoms with Gasteiger partial charge in [-0.05, 0) is 49.1 Å². The van der Waals surface area contributed by atoms with Gasteiger partial charge in [0.15, 0.2) is 0 Å². The van der Waals surface area contributed by atoms with Crippen molar-refractivity contribution in [3.05, 3.63) is 123 Å². The number of hydrogen-bond acceptors (Lipinski definition) is 5. The van der Waals surface area contributed by atoms with Crippen LogP contribution < -0.4 is 10.9 Å². The predicted octanol–water partition coefficient (Wildman–Crippen LogP) is 4.59. The van der Waals surface area contributed by atoms with Crippen LogP contribution in [0, 0.1) is 12.8 Å². The van der Waals surface area contributed by atoms with E-state index in [-0.39, 0.29) is 23.3 Å². The van der Waals surface area contributed by atoms with Crippen LogP contribution in [0.15, 0.2) is 90.3 Å². The Morgan fingerprint density at radius 1 is 0.842 bits per heavy atom. The molecule has 2 N–H and O–H groups in total. The fourth-order valence-corrected chi connectivity index (χ4v) is 4.94. The summed E-state index contributed by atoms with van der Waals surface area (Å²) < 4.78 is 0. The van der Waals surface area contributed by atoms with Crippen molar-refractivity contribution in [1.82, 2.24) is 20.7 Å². The first-order valence-electron chi connectivity index (χ1n) is 12.3. The van der Waals surface area contributed by atoms with E-state index in [4.69, 9.17) is 0 Å². The number of rotatable bonds is 9. The van der Waals surface area contributed by atoms with Gasteiger partial charge in [0.05, 0.1) is 6.54 Å². The maximum Gasteiger partial charge on any atom is 0.269 e. The number of carbonyl (C=O) groups excluding carboxylic acids is 3. The summed E-state index contributed by atoms with van der Waals surface area (Å²) in [5.74, 6) is -1.38. The van der Waals surface area contributed by atoms with E-state index in [1.165, 1.54) is 17.4 Å². The number of benzene rings is 3. The Bertz CT molecular complexity index is 1350. The predicted molar refractivity (Wildman–Crippen MR) is 148 cm³/mol. The number of aromatic nitrogens is 1. The Morgan fingerprint density at radius 2 is 1.45 bits per heavy atom. The number of nitrogens with zero attached hydrogens (tertiary/aromatic N) is 2. The molecule has 8 heteroatoms. The molecule has 0 saturated carbocycles. The Kier molecular flexibility index (Phi) is 9.00. The molecule has 0 spiro atoms. The maximum absolute atomic E-state index is 13.1. The largest absolute Gasteiger partial charge is 0.335 e. The van der Waals surface area contributed by atoms with Gasteiger partial charge >= 0.3 is 0 Å². The summed E-state index contributed by atoms with van der Waals surface area (Å²) in [6, 6.07) is 26.0. The van der Waals surface area contributed by atoms with Crippen LogP contribution in [0.4, 0.5) is 0 Å². The summed E-state index contributed by atoms with van der Waals surface area (Å²) in [7, 11) is 1.70. The summed E-state index contributed by atoms with van der Waals surface area (Å²) >= 11 is 1.50. The van der Waals surface area contributed by atoms with Crippen molar-refractivity contribution in [1.29, 1.82) is 0 Å². The number of hydrazine groups is 1. The average molecular weight is 527 g/mol. The fourth-order valence-electron chi connectivity index (χ4n) is 4.11. The van der Waals surface area contributed by atoms with Crippen LogP contribution in [0.5, 0.6) is 0 Å². The minimum Gasteiger partial charge on any atom is -0.335 e. The highest BCUT2D eigenvalue weighted by Crippen LogP contribution is 2.16. The molecule has 1 heterocycles. The van der Waals surface area contributed by atoms with Crippen molar-refractivity contribution < 1.29 is 14.4 Å². The molecule has 0 fully saturated rings. The van der Waals surface area contributed by atoms with E-state index >= 15 is 0 Å². The van der Waals surface area contributed by atoms with E-state index in [1.54, 1.807) is 30.1 Å². The van der Waals surface area contributed by atoms with E-state index in [0.29, 0.717) is 24.9 Å². The van der Waals surface area contributed by atoms with Crippen molar-refractivity contribution in [2.75, 3.05) is 7.05 Å². The van der Waals surface area contributed by atoms with Gasteiger partial charge in [0, 0.05) is 35.2 Å². The van der Waals surface area contributed by atoms with Crippen LogP contribution in [-0.2, 0) is 24.2 Å². The number of aryl methyl sites for hydroxylation is 1. The number of amides is 3. The summed E-state index contributed by atoms with van der Waals surface area (Å²) in [4.78, 5) is 44.9. The normalized spacial score (nSPS) is 10.7. The molecule has 0 saturated heterocycles. The second-order valence-electron chi connectivity index (χ2n) is 9.14. The van der Waals surface area contributed by atoms with Gasteiger partial charge in [0.2, 0.25) is 5.91 Å². The standard InChI is InChI=1S/C30H30N4O3S/c1-21-20-38-27(31-21)19-34(2)30(37)25-15-9-14-24(18-25)28(35)32-33-29(36)26(16-22-10-5-3-6-11-22)17-23-12-7-4-8-13-23/h3-15,18,20,26H,16-17,19H2,1-2H3,(H,32,35)(H,33,36). The minimum atomic E-state index is -0.496. The summed E-state index contributed by atoms with van der Waals surface area (Å²) in [6.07, 6.45) is 1.07. The molecule has 4 rings (SSSR count). The highest BCUT2D eigenvalue weighted by Gasteiger charge is 2.21. The summed E-state index contributed by atoms with van der Waals surface area (Å²) in [5.41, 5.74) is 8.76. The molecule has 0 atom stereocenters. The molecule has 0 bridgehead atoms. The summed E-state index contributed by atoms with van der Waals surface area (Å²) in [6.45, 7) is 2.29. The zero-order valence-corrected chi connectivity index (χ0v) is 22.2. The summed E-state index contributed by atoms with van der Waals surface area (Å²) in [5, 5.41) is 2.78. The molecule has 194 valence electrons. The monoisotopic (exact) mass is 526 g/mol. The lowest BCUT2D eigenvalue weighted by Gasteiger charge is -2.18. The molecular formula is C30H30N4O3S. The second kappa shape index (κ2) is 12.8. The lowest BCUT2D eigenvalue weighted by atomic mass is 9.92. The lowest BCUT2D eigenvalue weighted by molar-refractivity contribution is -0.125. The zero-order valence-electron chi connectivity index (χ0n) is 21.4. The Labute approximate surface area is 226 Å². The Morgan fingerprint density at radius 3 is 2.03 bits per heavy atom. The molecule has 0 radical (unpaired) electrons. The molecule has 0 aliphatic carbocycles. The number of carbonyl (C=O) groups is 3. The van der Waals surface area contributed by atoms with Crippen molar-refractivity contribution in [2.45, 2.75) is 26.3 Å². The van der Waals surface area contributed by atoms with E-state index in [9.17, 15) is 14.4 Å². The molecule has 3 amide bonds. The van der Waals surface area contributed by atoms with E-state index in [1.807, 2.05) is 73.0 Å². The first-order chi connectivity index (χ1) is 18.4. The SMILES string of the molecule is Cc1csc(CN(C)C(=O)c2cccc(C(=O)NNC(=O)C(Cc3ccccc3)Cc3ccccc3)c2)n1. The molecular weight excluding hydrogens is 496 g/mol. The van der Waals surface area contributed by atoms with Crippen molar-refractivity contribution in [2.24, 2.45) is 5.92 Å². The number of thiazole rings is 1. The van der Waals surface area contributed by atoms with Gasteiger partial charge in [0.25, 0.3) is 11.8 Å². The molecule has 1 aromatic heterocycles. The fraction of sp³-hybridized carbons (Fsp3) is 0.200. The van der Waals surface area contributed by atoms with Crippen LogP contribution in [0.25, 0.3) is 0 Å². The molecule has 3 aromatic carbocycles. The van der Waals surface area contributed by atoms with E-state index < -0.39 is 5.91 Å². The van der Waals surface area contributed by atoms with Gasteiger partial charge in [-0.2, -0.15) is 0 Å². The van der Waals surface area contributed by atoms with Crippen molar-refractivity contribution in [3.63, 3.8) is 0 Å². The third-order valence-corrected chi connectivity index (χ3v) is 7.03. The third kappa shape index (κ3) is 7.36. The smallest absolute Gasteiger partial charge is 0.269 e. The third-order valence-electron chi connectivity index (χ3n) is 6.08. The van der Waals surface area contributed by atoms with Crippen molar-refractivity contribution >= 4 is 29.1 Å². The highest BCUT2D eigenvalue weighted by atomic mass is 32.1. The Hall–Kier alpha value is -4.30. The topological polar surface area (TPSA) is 91.4 Å². The van der Waals surface area contributed by atoms with E-state index in [0.717, 1.165) is 21.8 Å². The van der Waals surface area contributed by atoms with Crippen LogP contribution >= 0.6 is 11.3 Å². The Balaban J connectivity index is 1.39. The first kappa shape index (κ1) is 26.8. The molecule has 0 aliphatic heterocycles. The first-order valence-corrected chi connectivity index (χ1v) is 13.2. The van der Waals surface area contributed by atoms with Crippen LogP contribution in [0.2, 0.25) is 0 Å². The van der Waals surface area contributed by atoms with Crippen LogP contribution in [0.3, 0.4) is 0 Å². The second-order valence-corrected chi connectivity index (χ2v) is 10.1. The van der Waals surface area contributed by atoms with Crippen LogP contribution in [-0.4, -0.2) is 34.7 Å². The average Bonchev–Trinajstić information content (AvgIpc) is 3.36. The zero-order chi connectivity index (χ0) is 26.9. The lowest BCUT2D eigenvalue weighted by Crippen LogP contribution is -2.45. The number of hydrogen-bond donors (Lipinski definition) is 2. The molecule has 7 nitrogen and oxygen atoms in total. The molecule has 4 aromatic rings. The van der Waals surface area contributed by atoms with Gasteiger partial charge in [0.1, 0.15) is 5.01 Å². The minimum absolute atomic E-state index is 0.220. The van der Waals surface area contributed by atoms with Gasteiger partial charge < -0.3 is 4.90 Å². The van der Waals surface area contributed by atoms with Gasteiger partial charge in [-0.15, -0.1) is 11.3 Å². The number of nitrogens with one attached hydrogen (secondary N) is 2. The molecule has 38 heavy (non-hydrogen) atoms. The van der Waals surface area contributed by atoms with Crippen LogP contribution in [0.1, 0.15) is 42.5 Å². The van der Waals surface area contributed by atoms with Crippen molar-refractivity contribution in [3.8, 4) is 0 Å². The maximum atomic E-state index is 13.1. The highest BCUT2D eigenvalue weighted by molar-refractivity contribution is 7.09. The quantitative estimate of drug-likeness (QED) is 0.312. The van der Waals surface area contributed by atoms with Gasteiger partial charge in [-0.3, -0.25) is 25.2 Å². The van der Waals surface area contributed by atoms with Gasteiger partial charge in [-0.25, -0.2) is 4.98 Å². The molecule has 0 unspecified atom stereocenters.